The molecule has 4 nitrogen and oxygen atoms in total. The summed E-state index contributed by atoms with van der Waals surface area (Å²) in [6.07, 6.45) is 0.772. The maximum atomic E-state index is 9.39. The summed E-state index contributed by atoms with van der Waals surface area (Å²) >= 11 is 0. The Labute approximate surface area is 116 Å². The van der Waals surface area contributed by atoms with E-state index >= 15 is 0 Å². The Kier molecular flexibility index (Phi) is 5.63. The fourth-order valence-corrected chi connectivity index (χ4v) is 1.99. The van der Waals surface area contributed by atoms with E-state index in [4.69, 9.17) is 4.74 Å². The van der Waals surface area contributed by atoms with Gasteiger partial charge in [-0.2, -0.15) is 0 Å². The normalized spacial score (nSPS) is 15.7. The van der Waals surface area contributed by atoms with Crippen molar-refractivity contribution >= 4 is 5.69 Å². The lowest BCUT2D eigenvalue weighted by molar-refractivity contribution is 0.115. The molecule has 0 bridgehead atoms. The van der Waals surface area contributed by atoms with Gasteiger partial charge in [-0.05, 0) is 33.0 Å². The molecule has 0 radical (unpaired) electrons. The number of aliphatic hydroxyl groups excluding tert-OH is 1. The summed E-state index contributed by atoms with van der Waals surface area (Å²) in [4.78, 5) is 2.04. The molecule has 0 saturated carbocycles. The molecular weight excluding hydrogens is 240 g/mol. The zero-order valence-electron chi connectivity index (χ0n) is 12.6. The van der Waals surface area contributed by atoms with Crippen LogP contribution in [-0.2, 0) is 0 Å². The first-order valence-corrected chi connectivity index (χ1v) is 6.64. The summed E-state index contributed by atoms with van der Waals surface area (Å²) in [7, 11) is 5.87. The van der Waals surface area contributed by atoms with Gasteiger partial charge in [-0.3, -0.25) is 0 Å². The Hall–Kier alpha value is -1.26. The molecule has 0 aliphatic carbocycles. The van der Waals surface area contributed by atoms with Crippen LogP contribution < -0.4 is 15.0 Å². The van der Waals surface area contributed by atoms with Crippen LogP contribution in [0.15, 0.2) is 24.3 Å². The van der Waals surface area contributed by atoms with E-state index in [-0.39, 0.29) is 18.2 Å². The lowest BCUT2D eigenvalue weighted by Crippen LogP contribution is -2.46. The number of benzene rings is 1. The monoisotopic (exact) mass is 266 g/mol. The molecule has 19 heavy (non-hydrogen) atoms. The molecule has 1 aromatic rings. The van der Waals surface area contributed by atoms with Gasteiger partial charge < -0.3 is 20.1 Å². The average molecular weight is 266 g/mol. The summed E-state index contributed by atoms with van der Waals surface area (Å²) in [6.45, 7) is 4.10. The highest BCUT2D eigenvalue weighted by molar-refractivity contribution is 5.49. The summed E-state index contributed by atoms with van der Waals surface area (Å²) in [5.74, 6) is 0.857. The second-order valence-corrected chi connectivity index (χ2v) is 5.49. The Morgan fingerprint density at radius 2 is 2.11 bits per heavy atom. The molecule has 0 aliphatic rings. The van der Waals surface area contributed by atoms with E-state index in [0.29, 0.717) is 0 Å². The highest BCUT2D eigenvalue weighted by Gasteiger charge is 2.24. The van der Waals surface area contributed by atoms with Crippen LogP contribution in [0.5, 0.6) is 5.75 Å². The number of anilines is 1. The minimum Gasteiger partial charge on any atom is -0.491 e. The first-order chi connectivity index (χ1) is 8.90. The molecule has 0 saturated heterocycles. The number of nitrogens with zero attached hydrogens (tertiary/aromatic N) is 1. The van der Waals surface area contributed by atoms with Crippen molar-refractivity contribution < 1.29 is 9.84 Å². The smallest absolute Gasteiger partial charge is 0.121 e. The lowest BCUT2D eigenvalue weighted by atomic mass is 9.96. The number of nitrogens with one attached hydrogen (secondary N) is 1. The van der Waals surface area contributed by atoms with Gasteiger partial charge in [0.15, 0.2) is 0 Å². The highest BCUT2D eigenvalue weighted by Crippen LogP contribution is 2.22. The maximum absolute atomic E-state index is 9.39. The molecule has 4 heteroatoms. The van der Waals surface area contributed by atoms with Crippen LogP contribution in [0.2, 0.25) is 0 Å². The summed E-state index contributed by atoms with van der Waals surface area (Å²) in [6, 6.07) is 8.01. The number of hydrogen-bond acceptors (Lipinski definition) is 4. The minimum atomic E-state index is -0.307. The Morgan fingerprint density at radius 3 is 2.63 bits per heavy atom. The summed E-state index contributed by atoms with van der Waals surface area (Å²) in [5, 5.41) is 12.5. The molecule has 0 heterocycles. The van der Waals surface area contributed by atoms with Gasteiger partial charge in [0.1, 0.15) is 5.75 Å². The largest absolute Gasteiger partial charge is 0.491 e. The Balaban J connectivity index is 2.66. The van der Waals surface area contributed by atoms with E-state index in [2.05, 4.69) is 5.32 Å². The standard InChI is InChI=1S/C15H26N2O2/c1-12(10-15(2,11-18)16-3)19-14-8-6-7-13(9-14)17(4)5/h6-9,12,16,18H,10-11H2,1-5H3. The second-order valence-electron chi connectivity index (χ2n) is 5.49. The van der Waals surface area contributed by atoms with Crippen LogP contribution in [0.1, 0.15) is 20.3 Å². The molecule has 2 atom stereocenters. The number of likely N-dealkylation sites (N-methyl/N-ethyl adjacent to an activating group) is 1. The third-order valence-electron chi connectivity index (χ3n) is 3.36. The van der Waals surface area contributed by atoms with E-state index in [9.17, 15) is 5.11 Å². The molecule has 0 spiro atoms. The predicted molar refractivity (Wildman–Crippen MR) is 80.0 cm³/mol. The van der Waals surface area contributed by atoms with Crippen LogP contribution >= 0.6 is 0 Å². The average Bonchev–Trinajstić information content (AvgIpc) is 2.38. The van der Waals surface area contributed by atoms with Crippen molar-refractivity contribution in [2.75, 3.05) is 32.6 Å². The van der Waals surface area contributed by atoms with Gasteiger partial charge in [-0.25, -0.2) is 0 Å². The maximum Gasteiger partial charge on any atom is 0.121 e. The van der Waals surface area contributed by atoms with Gasteiger partial charge in [0.25, 0.3) is 0 Å². The van der Waals surface area contributed by atoms with Gasteiger partial charge in [-0.15, -0.1) is 0 Å². The van der Waals surface area contributed by atoms with Crippen molar-refractivity contribution in [1.82, 2.24) is 5.32 Å². The van der Waals surface area contributed by atoms with Crippen LogP contribution in [0, 0.1) is 0 Å². The van der Waals surface area contributed by atoms with Crippen molar-refractivity contribution in [3.63, 3.8) is 0 Å². The van der Waals surface area contributed by atoms with E-state index in [1.165, 1.54) is 0 Å². The molecule has 108 valence electrons. The predicted octanol–water partition coefficient (Wildman–Crippen LogP) is 1.88. The fraction of sp³-hybridized carbons (Fsp3) is 0.600. The number of rotatable bonds is 7. The van der Waals surface area contributed by atoms with E-state index < -0.39 is 0 Å². The molecule has 2 unspecified atom stereocenters. The molecule has 1 aromatic carbocycles. The van der Waals surface area contributed by atoms with Crippen LogP contribution in [0.4, 0.5) is 5.69 Å². The van der Waals surface area contributed by atoms with E-state index in [1.807, 2.05) is 64.2 Å². The number of hydrogen-bond donors (Lipinski definition) is 2. The van der Waals surface area contributed by atoms with Crippen molar-refractivity contribution in [2.45, 2.75) is 31.9 Å². The number of aliphatic hydroxyl groups is 1. The van der Waals surface area contributed by atoms with Crippen LogP contribution in [-0.4, -0.2) is 44.5 Å². The summed E-state index contributed by atoms with van der Waals surface area (Å²) < 4.78 is 5.93. The van der Waals surface area contributed by atoms with E-state index in [0.717, 1.165) is 17.9 Å². The molecule has 0 amide bonds. The first kappa shape index (κ1) is 15.8. The van der Waals surface area contributed by atoms with Crippen molar-refractivity contribution in [3.8, 4) is 5.75 Å². The molecule has 2 N–H and O–H groups in total. The van der Waals surface area contributed by atoms with Crippen molar-refractivity contribution in [2.24, 2.45) is 0 Å². The topological polar surface area (TPSA) is 44.7 Å². The molecule has 0 aliphatic heterocycles. The fourth-order valence-electron chi connectivity index (χ4n) is 1.99. The Bertz CT molecular complexity index is 389. The van der Waals surface area contributed by atoms with Gasteiger partial charge in [0.05, 0.1) is 12.7 Å². The van der Waals surface area contributed by atoms with Gasteiger partial charge in [-0.1, -0.05) is 6.07 Å². The molecule has 0 fully saturated rings. The zero-order chi connectivity index (χ0) is 14.5. The van der Waals surface area contributed by atoms with Crippen molar-refractivity contribution in [3.05, 3.63) is 24.3 Å². The summed E-state index contributed by atoms with van der Waals surface area (Å²) in [5.41, 5.74) is 0.807. The third kappa shape index (κ3) is 4.73. The van der Waals surface area contributed by atoms with E-state index in [1.54, 1.807) is 0 Å². The quantitative estimate of drug-likeness (QED) is 0.791. The third-order valence-corrected chi connectivity index (χ3v) is 3.36. The Morgan fingerprint density at radius 1 is 1.42 bits per heavy atom. The second kappa shape index (κ2) is 6.78. The molecule has 0 aromatic heterocycles. The molecular formula is C15H26N2O2. The van der Waals surface area contributed by atoms with Gasteiger partial charge in [0, 0.05) is 37.8 Å². The minimum absolute atomic E-state index is 0.0296. The highest BCUT2D eigenvalue weighted by atomic mass is 16.5. The number of ether oxygens (including phenoxy) is 1. The van der Waals surface area contributed by atoms with Crippen LogP contribution in [0.25, 0.3) is 0 Å². The van der Waals surface area contributed by atoms with Crippen molar-refractivity contribution in [1.29, 1.82) is 0 Å². The lowest BCUT2D eigenvalue weighted by Gasteiger charge is -2.30. The van der Waals surface area contributed by atoms with Gasteiger partial charge in [0.2, 0.25) is 0 Å². The SMILES string of the molecule is CNC(C)(CO)CC(C)Oc1cccc(N(C)C)c1. The van der Waals surface area contributed by atoms with Crippen LogP contribution in [0.3, 0.4) is 0 Å². The zero-order valence-corrected chi connectivity index (χ0v) is 12.6. The van der Waals surface area contributed by atoms with Gasteiger partial charge >= 0.3 is 0 Å². The molecule has 1 rings (SSSR count). The first-order valence-electron chi connectivity index (χ1n) is 6.64.